The molecule has 0 radical (unpaired) electrons. The summed E-state index contributed by atoms with van der Waals surface area (Å²) in [5.41, 5.74) is 0. The molecule has 0 bridgehead atoms. The molecule has 0 aromatic carbocycles. The topological polar surface area (TPSA) is 0 Å². The summed E-state index contributed by atoms with van der Waals surface area (Å²) in [6.07, 6.45) is 14.6. The molecule has 0 unspecified atom stereocenters. The highest BCUT2D eigenvalue weighted by Crippen LogP contribution is 2.16. The van der Waals surface area contributed by atoms with E-state index in [1.807, 2.05) is 12.2 Å². The Kier molecular flexibility index (Phi) is 10.2. The first-order valence-corrected chi connectivity index (χ1v) is 6.03. The van der Waals surface area contributed by atoms with Gasteiger partial charge in [0, 0.05) is 0 Å². The molecule has 0 heteroatoms. The highest BCUT2D eigenvalue weighted by atomic mass is 14.1. The molecule has 0 heterocycles. The van der Waals surface area contributed by atoms with Crippen LogP contribution in [0.3, 0.4) is 0 Å². The Labute approximate surface area is 90.1 Å². The van der Waals surface area contributed by atoms with E-state index in [1.165, 1.54) is 51.4 Å². The number of allylic oxidation sites excluding steroid dienone is 2. The van der Waals surface area contributed by atoms with Gasteiger partial charge in [-0.25, -0.2) is 0 Å². The van der Waals surface area contributed by atoms with Crippen LogP contribution in [0.25, 0.3) is 0 Å². The molecule has 0 nitrogen and oxygen atoms in total. The maximum atomic E-state index is 3.74. The van der Waals surface area contributed by atoms with E-state index in [0.29, 0.717) is 0 Å². The van der Waals surface area contributed by atoms with Crippen molar-refractivity contribution in [3.63, 3.8) is 0 Å². The van der Waals surface area contributed by atoms with Crippen molar-refractivity contribution in [3.05, 3.63) is 25.3 Å². The van der Waals surface area contributed by atoms with Gasteiger partial charge in [-0.1, -0.05) is 44.8 Å². The van der Waals surface area contributed by atoms with Crippen LogP contribution in [0.4, 0.5) is 0 Å². The summed E-state index contributed by atoms with van der Waals surface area (Å²) in [6.45, 7) is 9.85. The van der Waals surface area contributed by atoms with E-state index in [-0.39, 0.29) is 0 Å². The standard InChI is InChI=1S/C14H26/c1-4-6-8-10-12-14(3)13-11-9-7-5-2/h4-5,14H,1-2,6-13H2,3H3. The molecular formula is C14H26. The van der Waals surface area contributed by atoms with Gasteiger partial charge in [0.25, 0.3) is 0 Å². The number of hydrogen-bond donors (Lipinski definition) is 0. The lowest BCUT2D eigenvalue weighted by Crippen LogP contribution is -1.94. The monoisotopic (exact) mass is 194 g/mol. The van der Waals surface area contributed by atoms with E-state index in [1.54, 1.807) is 0 Å². The summed E-state index contributed by atoms with van der Waals surface area (Å²) in [5, 5.41) is 0. The largest absolute Gasteiger partial charge is 0.103 e. The zero-order chi connectivity index (χ0) is 10.6. The second-order valence-electron chi connectivity index (χ2n) is 4.25. The van der Waals surface area contributed by atoms with Gasteiger partial charge in [0.2, 0.25) is 0 Å². The van der Waals surface area contributed by atoms with E-state index < -0.39 is 0 Å². The highest BCUT2D eigenvalue weighted by Gasteiger charge is 2.00. The van der Waals surface area contributed by atoms with Crippen LogP contribution in [0.1, 0.15) is 58.3 Å². The number of unbranched alkanes of at least 4 members (excludes halogenated alkanes) is 4. The summed E-state index contributed by atoms with van der Waals surface area (Å²) < 4.78 is 0. The van der Waals surface area contributed by atoms with E-state index in [4.69, 9.17) is 0 Å². The second-order valence-corrected chi connectivity index (χ2v) is 4.25. The van der Waals surface area contributed by atoms with Crippen LogP contribution in [-0.4, -0.2) is 0 Å². The third-order valence-electron chi connectivity index (χ3n) is 2.71. The van der Waals surface area contributed by atoms with Crippen LogP contribution in [0, 0.1) is 5.92 Å². The van der Waals surface area contributed by atoms with E-state index in [2.05, 4.69) is 20.1 Å². The lowest BCUT2D eigenvalue weighted by molar-refractivity contribution is 0.447. The Morgan fingerprint density at radius 1 is 0.857 bits per heavy atom. The van der Waals surface area contributed by atoms with E-state index in [0.717, 1.165) is 5.92 Å². The van der Waals surface area contributed by atoms with Crippen molar-refractivity contribution in [1.29, 1.82) is 0 Å². The molecule has 0 amide bonds. The third-order valence-corrected chi connectivity index (χ3v) is 2.71. The average molecular weight is 194 g/mol. The van der Waals surface area contributed by atoms with Crippen LogP contribution in [0.2, 0.25) is 0 Å². The zero-order valence-corrected chi connectivity index (χ0v) is 9.80. The van der Waals surface area contributed by atoms with Gasteiger partial charge in [0.1, 0.15) is 0 Å². The minimum Gasteiger partial charge on any atom is -0.103 e. The molecule has 0 saturated carbocycles. The fourth-order valence-corrected chi connectivity index (χ4v) is 1.71. The Hall–Kier alpha value is -0.520. The molecular weight excluding hydrogens is 168 g/mol. The SMILES string of the molecule is C=CCCCCC(C)CCCCC=C. The first-order chi connectivity index (χ1) is 6.81. The van der Waals surface area contributed by atoms with Crippen LogP contribution in [0.15, 0.2) is 25.3 Å². The quantitative estimate of drug-likeness (QED) is 0.334. The Balaban J connectivity index is 3.14. The first-order valence-electron chi connectivity index (χ1n) is 6.03. The Morgan fingerprint density at radius 3 is 1.64 bits per heavy atom. The van der Waals surface area contributed by atoms with Gasteiger partial charge in [-0.2, -0.15) is 0 Å². The summed E-state index contributed by atoms with van der Waals surface area (Å²) in [6, 6.07) is 0. The van der Waals surface area contributed by atoms with Crippen molar-refractivity contribution in [2.75, 3.05) is 0 Å². The molecule has 0 fully saturated rings. The molecule has 0 N–H and O–H groups in total. The van der Waals surface area contributed by atoms with Gasteiger partial charge in [0.05, 0.1) is 0 Å². The normalized spacial score (nSPS) is 10.4. The molecule has 0 aliphatic heterocycles. The molecule has 0 rings (SSSR count). The van der Waals surface area contributed by atoms with Crippen molar-refractivity contribution in [1.82, 2.24) is 0 Å². The summed E-state index contributed by atoms with van der Waals surface area (Å²) in [5.74, 6) is 0.907. The fraction of sp³-hybridized carbons (Fsp3) is 0.714. The van der Waals surface area contributed by atoms with Crippen molar-refractivity contribution in [3.8, 4) is 0 Å². The van der Waals surface area contributed by atoms with Gasteiger partial charge >= 0.3 is 0 Å². The van der Waals surface area contributed by atoms with Gasteiger partial charge in [-0.3, -0.25) is 0 Å². The second kappa shape index (κ2) is 10.6. The lowest BCUT2D eigenvalue weighted by Gasteiger charge is -2.09. The van der Waals surface area contributed by atoms with Crippen molar-refractivity contribution < 1.29 is 0 Å². The highest BCUT2D eigenvalue weighted by molar-refractivity contribution is 4.67. The van der Waals surface area contributed by atoms with Gasteiger partial charge in [-0.15, -0.1) is 13.2 Å². The average Bonchev–Trinajstić information content (AvgIpc) is 2.19. The summed E-state index contributed by atoms with van der Waals surface area (Å²) in [4.78, 5) is 0. The lowest BCUT2D eigenvalue weighted by atomic mass is 9.97. The molecule has 0 aliphatic carbocycles. The summed E-state index contributed by atoms with van der Waals surface area (Å²) >= 11 is 0. The predicted octanol–water partition coefficient (Wildman–Crippen LogP) is 5.12. The first kappa shape index (κ1) is 13.5. The van der Waals surface area contributed by atoms with E-state index in [9.17, 15) is 0 Å². The van der Waals surface area contributed by atoms with Crippen molar-refractivity contribution in [2.24, 2.45) is 5.92 Å². The molecule has 0 aromatic rings. The van der Waals surface area contributed by atoms with Crippen LogP contribution in [0.5, 0.6) is 0 Å². The molecule has 14 heavy (non-hydrogen) atoms. The molecule has 82 valence electrons. The third kappa shape index (κ3) is 9.57. The van der Waals surface area contributed by atoms with Crippen LogP contribution < -0.4 is 0 Å². The maximum Gasteiger partial charge on any atom is -0.0353 e. The minimum absolute atomic E-state index is 0.907. The minimum atomic E-state index is 0.907. The summed E-state index contributed by atoms with van der Waals surface area (Å²) in [7, 11) is 0. The van der Waals surface area contributed by atoms with Crippen molar-refractivity contribution in [2.45, 2.75) is 58.3 Å². The molecule has 0 aromatic heterocycles. The molecule has 0 spiro atoms. The van der Waals surface area contributed by atoms with Gasteiger partial charge < -0.3 is 0 Å². The maximum absolute atomic E-state index is 3.74. The number of rotatable bonds is 10. The predicted molar refractivity (Wildman–Crippen MR) is 66.5 cm³/mol. The van der Waals surface area contributed by atoms with Gasteiger partial charge in [-0.05, 0) is 31.6 Å². The Morgan fingerprint density at radius 2 is 1.29 bits per heavy atom. The number of hydrogen-bond acceptors (Lipinski definition) is 0. The van der Waals surface area contributed by atoms with Crippen LogP contribution >= 0.6 is 0 Å². The zero-order valence-electron chi connectivity index (χ0n) is 9.80. The Bertz CT molecular complexity index is 119. The van der Waals surface area contributed by atoms with Crippen molar-refractivity contribution >= 4 is 0 Å². The molecule has 0 atom stereocenters. The smallest absolute Gasteiger partial charge is 0.0353 e. The van der Waals surface area contributed by atoms with Gasteiger partial charge in [0.15, 0.2) is 0 Å². The fourth-order valence-electron chi connectivity index (χ4n) is 1.71. The van der Waals surface area contributed by atoms with E-state index >= 15 is 0 Å². The molecule has 0 aliphatic rings. The van der Waals surface area contributed by atoms with Crippen LogP contribution in [-0.2, 0) is 0 Å². The molecule has 0 saturated heterocycles.